The van der Waals surface area contributed by atoms with Crippen molar-refractivity contribution in [3.05, 3.63) is 77.9 Å². The van der Waals surface area contributed by atoms with E-state index in [1.807, 2.05) is 64.6 Å². The minimum atomic E-state index is 0.0520. The van der Waals surface area contributed by atoms with Gasteiger partial charge in [-0.05, 0) is 30.5 Å². The normalized spacial score (nSPS) is 10.9. The molecule has 2 aromatic heterocycles. The first-order valence-corrected chi connectivity index (χ1v) is 9.52. The van der Waals surface area contributed by atoms with Crippen molar-refractivity contribution in [2.75, 3.05) is 5.32 Å². The summed E-state index contributed by atoms with van der Waals surface area (Å²) in [6.45, 7) is 0. The molecule has 0 bridgehead atoms. The molecule has 0 unspecified atom stereocenters. The van der Waals surface area contributed by atoms with Gasteiger partial charge in [-0.3, -0.25) is 9.20 Å². The van der Waals surface area contributed by atoms with Crippen LogP contribution >= 0.6 is 11.3 Å². The maximum atomic E-state index is 12.1. The Hall–Kier alpha value is -2.92. The molecule has 0 aliphatic heterocycles. The fourth-order valence-corrected chi connectivity index (χ4v) is 3.61. The van der Waals surface area contributed by atoms with Crippen molar-refractivity contribution in [1.82, 2.24) is 9.38 Å². The van der Waals surface area contributed by atoms with Gasteiger partial charge in [0.25, 0.3) is 0 Å². The molecule has 1 amide bonds. The molecule has 4 nitrogen and oxygen atoms in total. The second kappa shape index (κ2) is 7.54. The average molecular weight is 361 g/mol. The van der Waals surface area contributed by atoms with Crippen LogP contribution in [0.2, 0.25) is 0 Å². The fourth-order valence-electron chi connectivity index (χ4n) is 2.91. The molecule has 0 radical (unpaired) electrons. The predicted octanol–water partition coefficient (Wildman–Crippen LogP) is 5.02. The van der Waals surface area contributed by atoms with Gasteiger partial charge in [0.05, 0.1) is 5.69 Å². The van der Waals surface area contributed by atoms with Crippen molar-refractivity contribution < 1.29 is 4.79 Å². The van der Waals surface area contributed by atoms with Crippen LogP contribution in [0.25, 0.3) is 16.2 Å². The lowest BCUT2D eigenvalue weighted by molar-refractivity contribution is -0.116. The summed E-state index contributed by atoms with van der Waals surface area (Å²) in [6.07, 6.45) is 6.31. The van der Waals surface area contributed by atoms with E-state index in [4.69, 9.17) is 0 Å². The fraction of sp³-hybridized carbons (Fsp3) is 0.143. The molecular formula is C21H19N3OS. The van der Waals surface area contributed by atoms with Gasteiger partial charge in [0.2, 0.25) is 5.91 Å². The van der Waals surface area contributed by atoms with E-state index in [0.717, 1.165) is 34.7 Å². The maximum absolute atomic E-state index is 12.1. The van der Waals surface area contributed by atoms with Crippen molar-refractivity contribution in [2.45, 2.75) is 19.3 Å². The zero-order valence-corrected chi connectivity index (χ0v) is 15.1. The van der Waals surface area contributed by atoms with Gasteiger partial charge in [-0.2, -0.15) is 0 Å². The van der Waals surface area contributed by atoms with Gasteiger partial charge >= 0.3 is 0 Å². The van der Waals surface area contributed by atoms with Gasteiger partial charge in [-0.15, -0.1) is 11.3 Å². The highest BCUT2D eigenvalue weighted by Gasteiger charge is 2.06. The molecule has 5 heteroatoms. The Labute approximate surface area is 156 Å². The lowest BCUT2D eigenvalue weighted by Crippen LogP contribution is -2.11. The highest BCUT2D eigenvalue weighted by molar-refractivity contribution is 7.15. The summed E-state index contributed by atoms with van der Waals surface area (Å²) in [6, 6.07) is 18.1. The maximum Gasteiger partial charge on any atom is 0.224 e. The van der Waals surface area contributed by atoms with E-state index in [9.17, 15) is 4.79 Å². The molecule has 0 atom stereocenters. The summed E-state index contributed by atoms with van der Waals surface area (Å²) in [4.78, 5) is 17.7. The van der Waals surface area contributed by atoms with Crippen LogP contribution in [0.4, 0.5) is 5.69 Å². The number of nitrogens with zero attached hydrogens (tertiary/aromatic N) is 2. The van der Waals surface area contributed by atoms with Crippen LogP contribution < -0.4 is 5.32 Å². The van der Waals surface area contributed by atoms with E-state index in [1.54, 1.807) is 11.3 Å². The smallest absolute Gasteiger partial charge is 0.224 e. The number of fused-ring (bicyclic) bond motifs is 1. The van der Waals surface area contributed by atoms with E-state index >= 15 is 0 Å². The molecule has 0 spiro atoms. The quantitative estimate of drug-likeness (QED) is 0.524. The van der Waals surface area contributed by atoms with Crippen LogP contribution in [0.1, 0.15) is 18.4 Å². The number of carbonyl (C=O) groups is 1. The summed E-state index contributed by atoms with van der Waals surface area (Å²) in [7, 11) is 0. The summed E-state index contributed by atoms with van der Waals surface area (Å²) >= 11 is 1.62. The molecule has 0 saturated heterocycles. The molecule has 0 fully saturated rings. The molecular weight excluding hydrogens is 342 g/mol. The van der Waals surface area contributed by atoms with Crippen LogP contribution in [0, 0.1) is 0 Å². The highest BCUT2D eigenvalue weighted by atomic mass is 32.1. The number of aromatic nitrogens is 2. The molecule has 2 heterocycles. The number of hydrogen-bond donors (Lipinski definition) is 1. The SMILES string of the molecule is O=C(CCCc1ccccc1)Nc1ccc(-c2cn3ccsc3n2)cc1. The van der Waals surface area contributed by atoms with Crippen molar-refractivity contribution in [3.8, 4) is 11.3 Å². The third-order valence-electron chi connectivity index (χ3n) is 4.27. The number of aryl methyl sites for hydroxylation is 1. The van der Waals surface area contributed by atoms with Crippen molar-refractivity contribution in [3.63, 3.8) is 0 Å². The van der Waals surface area contributed by atoms with Crippen LogP contribution in [-0.4, -0.2) is 15.3 Å². The first-order chi connectivity index (χ1) is 12.8. The molecule has 130 valence electrons. The molecule has 0 aliphatic carbocycles. The third-order valence-corrected chi connectivity index (χ3v) is 5.04. The number of rotatable bonds is 6. The Kier molecular flexibility index (Phi) is 4.80. The van der Waals surface area contributed by atoms with Crippen molar-refractivity contribution >= 4 is 27.9 Å². The lowest BCUT2D eigenvalue weighted by Gasteiger charge is -2.06. The predicted molar refractivity (Wildman–Crippen MR) is 107 cm³/mol. The summed E-state index contributed by atoms with van der Waals surface area (Å²) in [5, 5.41) is 4.98. The van der Waals surface area contributed by atoms with Gasteiger partial charge in [0, 0.05) is 35.4 Å². The van der Waals surface area contributed by atoms with Gasteiger partial charge < -0.3 is 5.32 Å². The van der Waals surface area contributed by atoms with Crippen LogP contribution in [0.15, 0.2) is 72.4 Å². The molecule has 4 rings (SSSR count). The number of amides is 1. The molecule has 0 saturated carbocycles. The summed E-state index contributed by atoms with van der Waals surface area (Å²) < 4.78 is 2.02. The van der Waals surface area contributed by atoms with Gasteiger partial charge in [-0.1, -0.05) is 42.5 Å². The number of thiazole rings is 1. The monoisotopic (exact) mass is 361 g/mol. The lowest BCUT2D eigenvalue weighted by atomic mass is 10.1. The average Bonchev–Trinajstić information content (AvgIpc) is 3.25. The van der Waals surface area contributed by atoms with E-state index in [-0.39, 0.29) is 5.91 Å². The van der Waals surface area contributed by atoms with E-state index in [1.165, 1.54) is 5.56 Å². The van der Waals surface area contributed by atoms with Gasteiger partial charge in [0.1, 0.15) is 0 Å². The first kappa shape index (κ1) is 16.5. The number of benzene rings is 2. The Morgan fingerprint density at radius 1 is 1.08 bits per heavy atom. The van der Waals surface area contributed by atoms with E-state index < -0.39 is 0 Å². The van der Waals surface area contributed by atoms with Crippen LogP contribution in [-0.2, 0) is 11.2 Å². The number of imidazole rings is 1. The van der Waals surface area contributed by atoms with Crippen molar-refractivity contribution in [2.24, 2.45) is 0 Å². The Balaban J connectivity index is 1.32. The Morgan fingerprint density at radius 2 is 1.88 bits per heavy atom. The Bertz CT molecular complexity index is 974. The van der Waals surface area contributed by atoms with Crippen molar-refractivity contribution in [1.29, 1.82) is 0 Å². The van der Waals surface area contributed by atoms with Gasteiger partial charge in [0.15, 0.2) is 4.96 Å². The molecule has 4 aromatic rings. The molecule has 1 N–H and O–H groups in total. The van der Waals surface area contributed by atoms with Crippen LogP contribution in [0.5, 0.6) is 0 Å². The molecule has 2 aromatic carbocycles. The number of hydrogen-bond acceptors (Lipinski definition) is 3. The largest absolute Gasteiger partial charge is 0.326 e. The van der Waals surface area contributed by atoms with E-state index in [2.05, 4.69) is 22.4 Å². The minimum absolute atomic E-state index is 0.0520. The zero-order valence-electron chi connectivity index (χ0n) is 14.3. The topological polar surface area (TPSA) is 46.4 Å². The second-order valence-corrected chi connectivity index (χ2v) is 7.06. The zero-order chi connectivity index (χ0) is 17.8. The summed E-state index contributed by atoms with van der Waals surface area (Å²) in [5.74, 6) is 0.0520. The number of carbonyl (C=O) groups excluding carboxylic acids is 1. The molecule has 0 aliphatic rings. The molecule has 26 heavy (non-hydrogen) atoms. The minimum Gasteiger partial charge on any atom is -0.326 e. The highest BCUT2D eigenvalue weighted by Crippen LogP contribution is 2.23. The summed E-state index contributed by atoms with van der Waals surface area (Å²) in [5.41, 5.74) is 4.07. The second-order valence-electron chi connectivity index (χ2n) is 6.18. The standard InChI is InChI=1S/C21H19N3OS/c25-20(8-4-7-16-5-2-1-3-6-16)22-18-11-9-17(10-12-18)19-15-24-13-14-26-21(24)23-19/h1-3,5-6,9-15H,4,7-8H2,(H,22,25). The Morgan fingerprint density at radius 3 is 2.65 bits per heavy atom. The third kappa shape index (κ3) is 3.83. The van der Waals surface area contributed by atoms with E-state index in [0.29, 0.717) is 6.42 Å². The number of anilines is 1. The van der Waals surface area contributed by atoms with Crippen LogP contribution in [0.3, 0.4) is 0 Å². The van der Waals surface area contributed by atoms with Gasteiger partial charge in [-0.25, -0.2) is 4.98 Å². The first-order valence-electron chi connectivity index (χ1n) is 8.64. The number of nitrogens with one attached hydrogen (secondary N) is 1.